The Bertz CT molecular complexity index is 2040. The van der Waals surface area contributed by atoms with Gasteiger partial charge in [-0.25, -0.2) is 4.57 Å². The molecule has 60 heavy (non-hydrogen) atoms. The Labute approximate surface area is 382 Å². The van der Waals surface area contributed by atoms with Crippen molar-refractivity contribution in [2.75, 3.05) is 31.1 Å². The quantitative estimate of drug-likeness (QED) is 0.0880. The van der Waals surface area contributed by atoms with E-state index < -0.39 is 7.92 Å². The minimum absolute atomic E-state index is 0.106. The second-order valence-electron chi connectivity index (χ2n) is 18.0. The zero-order valence-electron chi connectivity index (χ0n) is 38.1. The molecule has 5 nitrogen and oxygen atoms in total. The maximum atomic E-state index is 4.94. The Morgan fingerprint density at radius 3 is 1.67 bits per heavy atom. The predicted molar refractivity (Wildman–Crippen MR) is 265 cm³/mol. The van der Waals surface area contributed by atoms with Gasteiger partial charge in [-0.1, -0.05) is 87.0 Å². The van der Waals surface area contributed by atoms with Crippen LogP contribution in [0.15, 0.2) is 116 Å². The van der Waals surface area contributed by atoms with Gasteiger partial charge in [-0.15, -0.1) is 0 Å². The summed E-state index contributed by atoms with van der Waals surface area (Å²) in [6.45, 7) is 30.4. The van der Waals surface area contributed by atoms with Crippen molar-refractivity contribution in [1.82, 2.24) is 14.0 Å². The molecule has 1 unspecified atom stereocenters. The number of hydrogen-bond acceptors (Lipinski definition) is 3. The average Bonchev–Trinajstić information content (AvgIpc) is 3.98. The van der Waals surface area contributed by atoms with Crippen molar-refractivity contribution in [3.8, 4) is 5.69 Å². The first-order valence-electron chi connectivity index (χ1n) is 21.0. The van der Waals surface area contributed by atoms with Gasteiger partial charge in [-0.2, -0.15) is 4.57 Å². The van der Waals surface area contributed by atoms with Gasteiger partial charge in [0.05, 0.1) is 25.1 Å². The van der Waals surface area contributed by atoms with Crippen LogP contribution in [0.3, 0.4) is 0 Å². The SMILES string of the molecule is C1CCOC1.Cc1cc(C)c(-n2ccn(C[PH+](c3ccccc3)C(C)(C)C)[cH+]2)c(C)c1.Cc1cc(C)c(N2C=CN(C[P@@](c3ccccc3)C(C)(C)C)C2)c(C)c1.[Cl][Pd][Cl]. The van der Waals surface area contributed by atoms with Gasteiger partial charge in [0.15, 0.2) is 12.6 Å². The van der Waals surface area contributed by atoms with E-state index in [1.807, 2.05) is 0 Å². The van der Waals surface area contributed by atoms with Crippen LogP contribution in [0.4, 0.5) is 5.69 Å². The van der Waals surface area contributed by atoms with E-state index in [1.165, 1.54) is 68.2 Å². The Morgan fingerprint density at radius 2 is 1.20 bits per heavy atom. The molecule has 5 aromatic rings. The summed E-state index contributed by atoms with van der Waals surface area (Å²) >= 11 is -0.106. The molecule has 2 aliphatic heterocycles. The first kappa shape index (κ1) is 50.1. The number of hydrogen-bond donors (Lipinski definition) is 0. The molecule has 0 N–H and O–H groups in total. The molecule has 0 aliphatic carbocycles. The maximum absolute atomic E-state index is 4.94. The van der Waals surface area contributed by atoms with Crippen molar-refractivity contribution < 1.29 is 20.7 Å². The van der Waals surface area contributed by atoms with Crippen molar-refractivity contribution in [2.45, 2.75) is 113 Å². The summed E-state index contributed by atoms with van der Waals surface area (Å²) < 4.78 is 9.59. The van der Waals surface area contributed by atoms with Crippen LogP contribution in [0.5, 0.6) is 0 Å². The number of benzene rings is 4. The molecule has 2 aliphatic rings. The van der Waals surface area contributed by atoms with Crippen molar-refractivity contribution in [3.63, 3.8) is 0 Å². The Hall–Kier alpha value is -2.51. The Balaban J connectivity index is 0.000000223. The van der Waals surface area contributed by atoms with Gasteiger partial charge in [0, 0.05) is 48.7 Å². The summed E-state index contributed by atoms with van der Waals surface area (Å²) in [6.07, 6.45) is 15.9. The molecule has 3 heterocycles. The van der Waals surface area contributed by atoms with Crippen LogP contribution in [0, 0.1) is 41.5 Å². The monoisotopic (exact) mass is 980 g/mol. The summed E-state index contributed by atoms with van der Waals surface area (Å²) in [4.78, 5) is 4.87. The molecule has 0 saturated carbocycles. The number of ether oxygens (including phenoxy) is 1. The molecule has 0 amide bonds. The Morgan fingerprint density at radius 1 is 0.700 bits per heavy atom. The number of halogens is 2. The van der Waals surface area contributed by atoms with E-state index in [-0.39, 0.29) is 29.0 Å². The average molecular weight is 982 g/mol. The molecule has 1 saturated heterocycles. The van der Waals surface area contributed by atoms with Crippen LogP contribution in [0.2, 0.25) is 0 Å². The molecule has 0 spiro atoms. The van der Waals surface area contributed by atoms with Crippen LogP contribution in [-0.4, -0.2) is 50.5 Å². The van der Waals surface area contributed by atoms with E-state index in [0.717, 1.165) is 32.5 Å². The zero-order valence-corrected chi connectivity index (χ0v) is 43.1. The second kappa shape index (κ2) is 23.8. The third-order valence-corrected chi connectivity index (χ3v) is 17.4. The van der Waals surface area contributed by atoms with E-state index in [1.54, 1.807) is 0 Å². The normalized spacial score (nSPS) is 14.8. The van der Waals surface area contributed by atoms with Gasteiger partial charge in [0.25, 0.3) is 0 Å². The number of rotatable bonds is 8. The summed E-state index contributed by atoms with van der Waals surface area (Å²) in [5.41, 5.74) is 10.7. The van der Waals surface area contributed by atoms with E-state index in [9.17, 15) is 0 Å². The first-order chi connectivity index (χ1) is 28.4. The number of anilines is 1. The molecular weight excluding hydrogens is 912 g/mol. The fraction of sp³-hybridized carbons (Fsp3) is 0.420. The molecule has 1 fully saturated rings. The third kappa shape index (κ3) is 15.1. The van der Waals surface area contributed by atoms with Crippen LogP contribution >= 0.6 is 34.9 Å². The summed E-state index contributed by atoms with van der Waals surface area (Å²) in [5, 5.41) is 3.59. The first-order valence-corrected chi connectivity index (χ1v) is 28.2. The Kier molecular flexibility index (Phi) is 19.9. The van der Waals surface area contributed by atoms with Gasteiger partial charge in [0.1, 0.15) is 18.1 Å². The van der Waals surface area contributed by atoms with E-state index in [0.29, 0.717) is 5.16 Å². The number of aromatic nitrogens is 2. The van der Waals surface area contributed by atoms with Gasteiger partial charge in [-0.3, -0.25) is 0 Å². The molecule has 0 bridgehead atoms. The van der Waals surface area contributed by atoms with E-state index in [2.05, 4.69) is 218 Å². The zero-order chi connectivity index (χ0) is 44.0. The standard InChI is InChI=1S/C23H31N2P.C23H30N2P.C4H8O.2ClH.Pd/c2*1-18-14-19(2)22(20(3)15-18)25-13-12-24(16-25)17-26(23(4,5)6)21-10-8-7-9-11-21;1-2-4-5-3-1;;;/h7-15H,16-17H2,1-6H3;7-16H,17H2,1-6H3;1-4H2;2*1H;/q;+1;;;;+2/p-1/t26-;;;;;/m0...../s1. The van der Waals surface area contributed by atoms with Crippen molar-refractivity contribution in [3.05, 3.63) is 149 Å². The van der Waals surface area contributed by atoms with Crippen LogP contribution in [0.25, 0.3) is 5.69 Å². The molecule has 1 aromatic heterocycles. The van der Waals surface area contributed by atoms with Crippen molar-refractivity contribution in [1.29, 1.82) is 0 Å². The molecule has 0 radical (unpaired) electrons. The molecule has 328 valence electrons. The van der Waals surface area contributed by atoms with Gasteiger partial charge in [0.2, 0.25) is 0 Å². The second-order valence-corrected chi connectivity index (χ2v) is 26.7. The topological polar surface area (TPSA) is 25.6 Å². The summed E-state index contributed by atoms with van der Waals surface area (Å²) in [5.74, 6) is 0. The molecule has 4 aromatic carbocycles. The van der Waals surface area contributed by atoms with Crippen molar-refractivity contribution >= 4 is 51.2 Å². The van der Waals surface area contributed by atoms with Crippen LogP contribution in [0.1, 0.15) is 87.8 Å². The molecule has 2 atom stereocenters. The minimum atomic E-state index is -0.735. The fourth-order valence-electron chi connectivity index (χ4n) is 8.09. The van der Waals surface area contributed by atoms with Crippen LogP contribution in [-0.2, 0) is 27.0 Å². The number of imidazole rings is 1. The van der Waals surface area contributed by atoms with Gasteiger partial charge in [-0.05, 0) is 134 Å². The summed E-state index contributed by atoms with van der Waals surface area (Å²) in [6, 6.07) is 31.2. The van der Waals surface area contributed by atoms with Crippen molar-refractivity contribution in [2.24, 2.45) is 0 Å². The predicted octanol–water partition coefficient (Wildman–Crippen LogP) is 13.7. The molecular formula is C50H70Cl2N4OP2Pd+2. The molecule has 10 heteroatoms. The number of aryl methyl sites for hydroxylation is 6. The van der Waals surface area contributed by atoms with Gasteiger partial charge >= 0.3 is 35.0 Å². The van der Waals surface area contributed by atoms with E-state index >= 15 is 0 Å². The van der Waals surface area contributed by atoms with E-state index in [4.69, 9.17) is 23.8 Å². The van der Waals surface area contributed by atoms with Gasteiger partial charge < -0.3 is 14.5 Å². The van der Waals surface area contributed by atoms with Crippen LogP contribution < -0.4 is 15.5 Å². The summed E-state index contributed by atoms with van der Waals surface area (Å²) in [7, 11) is 8.62. The molecule has 7 rings (SSSR count). The third-order valence-electron chi connectivity index (χ3n) is 10.7. The number of nitrogens with zero attached hydrogens (tertiary/aromatic N) is 4. The fourth-order valence-corrected chi connectivity index (χ4v) is 13.2.